The summed E-state index contributed by atoms with van der Waals surface area (Å²) in [6.07, 6.45) is 6.59. The van der Waals surface area contributed by atoms with Gasteiger partial charge in [-0.15, -0.1) is 0 Å². The molecule has 0 radical (unpaired) electrons. The molecule has 0 bridgehead atoms. The largest absolute Gasteiger partial charge is 0.382 e. The van der Waals surface area contributed by atoms with E-state index in [1.807, 2.05) is 28.9 Å². The molecule has 11 heteroatoms. The van der Waals surface area contributed by atoms with E-state index in [1.54, 1.807) is 47.2 Å². The monoisotopic (exact) mass is 520 g/mol. The molecule has 2 N–H and O–H groups in total. The van der Waals surface area contributed by atoms with Gasteiger partial charge < -0.3 is 10.5 Å². The second kappa shape index (κ2) is 9.07. The van der Waals surface area contributed by atoms with Crippen LogP contribution in [0.3, 0.4) is 0 Å². The molecule has 1 fully saturated rings. The molecular weight excluding hydrogens is 496 g/mol. The van der Waals surface area contributed by atoms with Crippen LogP contribution < -0.4 is 17.0 Å². The van der Waals surface area contributed by atoms with Crippen LogP contribution in [0.2, 0.25) is 0 Å². The predicted octanol–water partition coefficient (Wildman–Crippen LogP) is 2.96. The van der Waals surface area contributed by atoms with Crippen molar-refractivity contribution in [1.82, 2.24) is 33.3 Å². The quantitative estimate of drug-likeness (QED) is 0.379. The number of anilines is 1. The van der Waals surface area contributed by atoms with E-state index >= 15 is 0 Å². The number of pyridine rings is 1. The average Bonchev–Trinajstić information content (AvgIpc) is 3.60. The van der Waals surface area contributed by atoms with Crippen molar-refractivity contribution >= 4 is 16.9 Å². The van der Waals surface area contributed by atoms with Gasteiger partial charge in [0.05, 0.1) is 28.6 Å². The van der Waals surface area contributed by atoms with E-state index < -0.39 is 11.2 Å². The van der Waals surface area contributed by atoms with Gasteiger partial charge in [-0.1, -0.05) is 18.2 Å². The Morgan fingerprint density at radius 3 is 2.67 bits per heavy atom. The van der Waals surface area contributed by atoms with Crippen LogP contribution in [0, 0.1) is 0 Å². The van der Waals surface area contributed by atoms with E-state index in [-0.39, 0.29) is 6.04 Å². The topological polar surface area (TPSA) is 127 Å². The van der Waals surface area contributed by atoms with Crippen molar-refractivity contribution in [3.8, 4) is 28.2 Å². The highest BCUT2D eigenvalue weighted by Gasteiger charge is 2.24. The molecule has 39 heavy (non-hydrogen) atoms. The van der Waals surface area contributed by atoms with E-state index in [4.69, 9.17) is 10.5 Å². The highest BCUT2D eigenvalue weighted by atomic mass is 16.5. The minimum atomic E-state index is -0.442. The van der Waals surface area contributed by atoms with Crippen molar-refractivity contribution in [2.75, 3.05) is 18.9 Å². The standard InChI is InChI=1S/C28H24N8O3/c29-27-26-22(23-7-10-31-35(23)19-8-12-39-13-9-19)16-24(36(26)32-17-30-27)18-4-3-6-21(14-18)34-25(37)15-20-5-1-2-11-33(20)28(34)38/h1-7,10-11,14-17,19H,8-9,12-13H2,(H2,29,30,32). The Labute approximate surface area is 221 Å². The average molecular weight is 521 g/mol. The Morgan fingerprint density at radius 2 is 1.79 bits per heavy atom. The number of nitrogen functional groups attached to an aromatic ring is 1. The number of ether oxygens (including phenoxy) is 1. The van der Waals surface area contributed by atoms with Crippen LogP contribution in [0.5, 0.6) is 0 Å². The second-order valence-electron chi connectivity index (χ2n) is 9.50. The molecule has 6 aromatic rings. The molecule has 7 rings (SSSR count). The fourth-order valence-corrected chi connectivity index (χ4v) is 5.40. The van der Waals surface area contributed by atoms with E-state index in [2.05, 4.69) is 15.2 Å². The van der Waals surface area contributed by atoms with Crippen molar-refractivity contribution in [2.45, 2.75) is 18.9 Å². The molecule has 1 saturated heterocycles. The zero-order valence-corrected chi connectivity index (χ0v) is 20.8. The third-order valence-corrected chi connectivity index (χ3v) is 7.25. The minimum Gasteiger partial charge on any atom is -0.382 e. The summed E-state index contributed by atoms with van der Waals surface area (Å²) in [6.45, 7) is 1.38. The zero-order valence-electron chi connectivity index (χ0n) is 20.8. The first-order valence-electron chi connectivity index (χ1n) is 12.7. The van der Waals surface area contributed by atoms with Crippen LogP contribution in [0.1, 0.15) is 18.9 Å². The van der Waals surface area contributed by atoms with E-state index in [0.29, 0.717) is 35.8 Å². The number of nitrogens with zero attached hydrogens (tertiary/aromatic N) is 7. The Morgan fingerprint density at radius 1 is 0.923 bits per heavy atom. The molecule has 0 unspecified atom stereocenters. The molecule has 1 aliphatic heterocycles. The van der Waals surface area contributed by atoms with Gasteiger partial charge in [-0.05, 0) is 49.2 Å². The molecule has 6 heterocycles. The lowest BCUT2D eigenvalue weighted by atomic mass is 10.1. The van der Waals surface area contributed by atoms with Crippen molar-refractivity contribution in [1.29, 1.82) is 0 Å². The first-order valence-corrected chi connectivity index (χ1v) is 12.7. The van der Waals surface area contributed by atoms with Gasteiger partial charge in [-0.3, -0.25) is 13.9 Å². The van der Waals surface area contributed by atoms with Gasteiger partial charge in [0.25, 0.3) is 5.56 Å². The third kappa shape index (κ3) is 3.74. The van der Waals surface area contributed by atoms with Gasteiger partial charge in [-0.25, -0.2) is 18.9 Å². The number of rotatable bonds is 4. The maximum absolute atomic E-state index is 13.3. The van der Waals surface area contributed by atoms with Crippen molar-refractivity contribution in [3.63, 3.8) is 0 Å². The van der Waals surface area contributed by atoms with Crippen molar-refractivity contribution in [2.24, 2.45) is 0 Å². The SMILES string of the molecule is Nc1ncnn2c(-c3cccc(-n4c(=O)cc5ccccn5c4=O)c3)cc(-c3ccnn3C3CCOCC3)c12. The molecule has 194 valence electrons. The van der Waals surface area contributed by atoms with Crippen molar-refractivity contribution < 1.29 is 4.74 Å². The number of hydrogen-bond acceptors (Lipinski definition) is 7. The lowest BCUT2D eigenvalue weighted by Crippen LogP contribution is -2.35. The fourth-order valence-electron chi connectivity index (χ4n) is 5.40. The number of benzene rings is 1. The summed E-state index contributed by atoms with van der Waals surface area (Å²) in [5, 5.41) is 9.14. The lowest BCUT2D eigenvalue weighted by Gasteiger charge is -2.24. The third-order valence-electron chi connectivity index (χ3n) is 7.25. The maximum atomic E-state index is 13.3. The van der Waals surface area contributed by atoms with Gasteiger partial charge in [0.15, 0.2) is 5.82 Å². The highest BCUT2D eigenvalue weighted by molar-refractivity contribution is 5.91. The Kier molecular flexibility index (Phi) is 5.37. The van der Waals surface area contributed by atoms with Crippen LogP contribution >= 0.6 is 0 Å². The number of aromatic nitrogens is 7. The first kappa shape index (κ1) is 23.1. The normalized spacial score (nSPS) is 14.4. The molecule has 11 nitrogen and oxygen atoms in total. The summed E-state index contributed by atoms with van der Waals surface area (Å²) < 4.78 is 11.9. The van der Waals surface area contributed by atoms with Crippen LogP contribution in [0.25, 0.3) is 39.2 Å². The fraction of sp³-hybridized carbons (Fsp3) is 0.179. The van der Waals surface area contributed by atoms with E-state index in [9.17, 15) is 9.59 Å². The summed E-state index contributed by atoms with van der Waals surface area (Å²) >= 11 is 0. The molecule has 0 saturated carbocycles. The number of nitrogens with two attached hydrogens (primary N) is 1. The highest BCUT2D eigenvalue weighted by Crippen LogP contribution is 2.36. The molecule has 0 spiro atoms. The maximum Gasteiger partial charge on any atom is 0.340 e. The van der Waals surface area contributed by atoms with Gasteiger partial charge in [0, 0.05) is 42.8 Å². The first-order chi connectivity index (χ1) is 19.1. The van der Waals surface area contributed by atoms with Crippen LogP contribution in [-0.2, 0) is 4.74 Å². The summed E-state index contributed by atoms with van der Waals surface area (Å²) in [7, 11) is 0. The zero-order chi connectivity index (χ0) is 26.5. The van der Waals surface area contributed by atoms with Gasteiger partial charge in [0.1, 0.15) is 11.8 Å². The Bertz CT molecular complexity index is 1980. The smallest absolute Gasteiger partial charge is 0.340 e. The van der Waals surface area contributed by atoms with Crippen molar-refractivity contribution in [3.05, 3.63) is 100 Å². The van der Waals surface area contributed by atoms with Crippen LogP contribution in [-0.4, -0.2) is 46.6 Å². The number of fused-ring (bicyclic) bond motifs is 2. The summed E-state index contributed by atoms with van der Waals surface area (Å²) in [6, 6.07) is 18.2. The molecule has 1 aromatic carbocycles. The predicted molar refractivity (Wildman–Crippen MR) is 146 cm³/mol. The summed E-state index contributed by atoms with van der Waals surface area (Å²) in [4.78, 5) is 30.5. The molecule has 0 atom stereocenters. The van der Waals surface area contributed by atoms with E-state index in [0.717, 1.165) is 39.9 Å². The molecule has 5 aromatic heterocycles. The summed E-state index contributed by atoms with van der Waals surface area (Å²) in [5.41, 5.74) is 10.4. The second-order valence-corrected chi connectivity index (χ2v) is 9.50. The van der Waals surface area contributed by atoms with Gasteiger partial charge >= 0.3 is 5.69 Å². The Balaban J connectivity index is 1.41. The lowest BCUT2D eigenvalue weighted by molar-refractivity contribution is 0.0667. The number of hydrogen-bond donors (Lipinski definition) is 1. The van der Waals surface area contributed by atoms with Crippen LogP contribution in [0.4, 0.5) is 5.82 Å². The molecule has 0 amide bonds. The summed E-state index contributed by atoms with van der Waals surface area (Å²) in [5.74, 6) is 0.339. The van der Waals surface area contributed by atoms with Crippen LogP contribution in [0.15, 0.2) is 89.0 Å². The minimum absolute atomic E-state index is 0.212. The van der Waals surface area contributed by atoms with Gasteiger partial charge in [0.2, 0.25) is 0 Å². The molecular formula is C28H24N8O3. The molecule has 0 aliphatic carbocycles. The van der Waals surface area contributed by atoms with Gasteiger partial charge in [-0.2, -0.15) is 10.2 Å². The Hall–Kier alpha value is -5.03. The van der Waals surface area contributed by atoms with E-state index in [1.165, 1.54) is 16.8 Å². The molecule has 1 aliphatic rings.